The number of carbonyl (C=O) groups is 1. The Balaban J connectivity index is 2.03. The molecule has 0 aliphatic heterocycles. The minimum atomic E-state index is -1.34. The fourth-order valence-corrected chi connectivity index (χ4v) is 1.80. The minimum absolute atomic E-state index is 0.207. The van der Waals surface area contributed by atoms with Crippen LogP contribution in [0.25, 0.3) is 0 Å². The number of aromatic carboxylic acids is 1. The SMILES string of the molecule is Nc1cc(C(=O)O)c(F)cc1NCCc1ccncc1. The van der Waals surface area contributed by atoms with Crippen LogP contribution >= 0.6 is 0 Å². The molecule has 0 atom stereocenters. The highest BCUT2D eigenvalue weighted by Crippen LogP contribution is 2.23. The third kappa shape index (κ3) is 3.23. The van der Waals surface area contributed by atoms with Gasteiger partial charge in [-0.15, -0.1) is 0 Å². The van der Waals surface area contributed by atoms with Crippen LogP contribution in [0.5, 0.6) is 0 Å². The predicted molar refractivity (Wildman–Crippen MR) is 74.2 cm³/mol. The first-order valence-electron chi connectivity index (χ1n) is 6.03. The van der Waals surface area contributed by atoms with Gasteiger partial charge in [0.05, 0.1) is 16.9 Å². The molecule has 1 aromatic carbocycles. The van der Waals surface area contributed by atoms with Gasteiger partial charge >= 0.3 is 5.97 Å². The Hall–Kier alpha value is -2.63. The van der Waals surface area contributed by atoms with Crippen molar-refractivity contribution in [1.82, 2.24) is 4.98 Å². The maximum Gasteiger partial charge on any atom is 0.338 e. The van der Waals surface area contributed by atoms with Crippen molar-refractivity contribution in [2.75, 3.05) is 17.6 Å². The van der Waals surface area contributed by atoms with Crippen LogP contribution in [0.2, 0.25) is 0 Å². The molecule has 20 heavy (non-hydrogen) atoms. The van der Waals surface area contributed by atoms with Crippen molar-refractivity contribution < 1.29 is 14.3 Å². The Morgan fingerprint density at radius 3 is 2.70 bits per heavy atom. The molecule has 2 aromatic rings. The average Bonchev–Trinajstić information content (AvgIpc) is 2.43. The smallest absolute Gasteiger partial charge is 0.338 e. The van der Waals surface area contributed by atoms with E-state index in [1.165, 1.54) is 0 Å². The summed E-state index contributed by atoms with van der Waals surface area (Å²) in [6.07, 6.45) is 4.13. The second kappa shape index (κ2) is 6.01. The zero-order valence-corrected chi connectivity index (χ0v) is 10.6. The highest BCUT2D eigenvalue weighted by Gasteiger charge is 2.13. The average molecular weight is 275 g/mol. The monoisotopic (exact) mass is 275 g/mol. The summed E-state index contributed by atoms with van der Waals surface area (Å²) in [5.74, 6) is -2.14. The number of aromatic nitrogens is 1. The molecule has 1 aromatic heterocycles. The van der Waals surface area contributed by atoms with Crippen LogP contribution in [0.1, 0.15) is 15.9 Å². The van der Waals surface area contributed by atoms with Crippen molar-refractivity contribution in [3.8, 4) is 0 Å². The fraction of sp³-hybridized carbons (Fsp3) is 0.143. The molecular weight excluding hydrogens is 261 g/mol. The summed E-state index contributed by atoms with van der Waals surface area (Å²) in [7, 11) is 0. The molecule has 0 amide bonds. The number of hydrogen-bond acceptors (Lipinski definition) is 4. The van der Waals surface area contributed by atoms with Gasteiger partial charge in [0.1, 0.15) is 5.82 Å². The molecule has 5 nitrogen and oxygen atoms in total. The van der Waals surface area contributed by atoms with Gasteiger partial charge in [0, 0.05) is 18.9 Å². The van der Waals surface area contributed by atoms with Crippen LogP contribution in [-0.4, -0.2) is 22.6 Å². The van der Waals surface area contributed by atoms with Crippen LogP contribution in [0.3, 0.4) is 0 Å². The maximum absolute atomic E-state index is 13.5. The van der Waals surface area contributed by atoms with Crippen molar-refractivity contribution in [1.29, 1.82) is 0 Å². The van der Waals surface area contributed by atoms with Gasteiger partial charge in [-0.05, 0) is 36.2 Å². The largest absolute Gasteiger partial charge is 0.478 e. The van der Waals surface area contributed by atoms with Gasteiger partial charge in [-0.1, -0.05) is 0 Å². The standard InChI is InChI=1S/C14H14FN3O2/c15-11-8-13(12(16)7-10(11)14(19)20)18-6-3-9-1-4-17-5-2-9/h1-2,4-5,7-8,18H,3,6,16H2,(H,19,20). The number of rotatable bonds is 5. The van der Waals surface area contributed by atoms with Crippen molar-refractivity contribution in [3.63, 3.8) is 0 Å². The zero-order chi connectivity index (χ0) is 14.5. The lowest BCUT2D eigenvalue weighted by molar-refractivity contribution is 0.0692. The van der Waals surface area contributed by atoms with Gasteiger partial charge in [-0.3, -0.25) is 4.98 Å². The lowest BCUT2D eigenvalue weighted by Gasteiger charge is -2.10. The summed E-state index contributed by atoms with van der Waals surface area (Å²) >= 11 is 0. The quantitative estimate of drug-likeness (QED) is 0.728. The molecule has 1 heterocycles. The Bertz CT molecular complexity index is 617. The number of nitrogens with two attached hydrogens (primary N) is 1. The predicted octanol–water partition coefficient (Wildman–Crippen LogP) is 2.16. The van der Waals surface area contributed by atoms with Crippen molar-refractivity contribution in [2.24, 2.45) is 0 Å². The Labute approximate surface area is 115 Å². The molecule has 4 N–H and O–H groups in total. The second-order valence-electron chi connectivity index (χ2n) is 4.26. The number of carboxylic acid groups (broad SMARTS) is 1. The third-order valence-electron chi connectivity index (χ3n) is 2.85. The highest BCUT2D eigenvalue weighted by atomic mass is 19.1. The van der Waals surface area contributed by atoms with Gasteiger partial charge in [-0.2, -0.15) is 0 Å². The van der Waals surface area contributed by atoms with Gasteiger partial charge < -0.3 is 16.2 Å². The molecule has 0 radical (unpaired) electrons. The molecule has 0 saturated heterocycles. The fourth-order valence-electron chi connectivity index (χ4n) is 1.80. The van der Waals surface area contributed by atoms with Crippen LogP contribution < -0.4 is 11.1 Å². The normalized spacial score (nSPS) is 10.2. The Kier molecular flexibility index (Phi) is 4.14. The molecule has 0 unspecified atom stereocenters. The van der Waals surface area contributed by atoms with Crippen LogP contribution in [0.15, 0.2) is 36.7 Å². The number of nitrogens with zero attached hydrogens (tertiary/aromatic N) is 1. The number of pyridine rings is 1. The van der Waals surface area contributed by atoms with Crippen LogP contribution in [-0.2, 0) is 6.42 Å². The molecule has 0 bridgehead atoms. The minimum Gasteiger partial charge on any atom is -0.478 e. The van der Waals surface area contributed by atoms with E-state index in [0.29, 0.717) is 12.2 Å². The highest BCUT2D eigenvalue weighted by molar-refractivity contribution is 5.90. The number of anilines is 2. The topological polar surface area (TPSA) is 88.2 Å². The molecule has 0 aliphatic rings. The second-order valence-corrected chi connectivity index (χ2v) is 4.26. The lowest BCUT2D eigenvalue weighted by atomic mass is 10.1. The van der Waals surface area contributed by atoms with Gasteiger partial charge in [0.2, 0.25) is 0 Å². The molecular formula is C14H14FN3O2. The molecule has 104 valence electrons. The summed E-state index contributed by atoms with van der Waals surface area (Å²) in [4.78, 5) is 14.7. The van der Waals surface area contributed by atoms with E-state index in [1.807, 2.05) is 12.1 Å². The maximum atomic E-state index is 13.5. The molecule has 6 heteroatoms. The van der Waals surface area contributed by atoms with E-state index in [1.54, 1.807) is 12.4 Å². The first-order valence-corrected chi connectivity index (χ1v) is 6.03. The first kappa shape index (κ1) is 13.8. The van der Waals surface area contributed by atoms with E-state index in [-0.39, 0.29) is 5.69 Å². The molecule has 0 aliphatic carbocycles. The van der Waals surface area contributed by atoms with Gasteiger partial charge in [0.15, 0.2) is 0 Å². The first-order chi connectivity index (χ1) is 9.58. The molecule has 0 spiro atoms. The van der Waals surface area contributed by atoms with Gasteiger partial charge in [-0.25, -0.2) is 9.18 Å². The van der Waals surface area contributed by atoms with Crippen molar-refractivity contribution in [2.45, 2.75) is 6.42 Å². The number of halogens is 1. The summed E-state index contributed by atoms with van der Waals surface area (Å²) in [6, 6.07) is 6.00. The Morgan fingerprint density at radius 1 is 1.35 bits per heavy atom. The van der Waals surface area contributed by atoms with E-state index in [4.69, 9.17) is 10.8 Å². The summed E-state index contributed by atoms with van der Waals surface area (Å²) in [5, 5.41) is 11.8. The zero-order valence-electron chi connectivity index (χ0n) is 10.6. The van der Waals surface area contributed by atoms with Crippen molar-refractivity contribution in [3.05, 3.63) is 53.6 Å². The van der Waals surface area contributed by atoms with Crippen LogP contribution in [0, 0.1) is 5.82 Å². The summed E-state index contributed by atoms with van der Waals surface area (Å²) in [6.45, 7) is 0.556. The summed E-state index contributed by atoms with van der Waals surface area (Å²) < 4.78 is 13.5. The number of nitrogen functional groups attached to an aromatic ring is 1. The van der Waals surface area contributed by atoms with E-state index in [0.717, 1.165) is 24.1 Å². The Morgan fingerprint density at radius 2 is 2.05 bits per heavy atom. The number of benzene rings is 1. The van der Waals surface area contributed by atoms with Crippen LogP contribution in [0.4, 0.5) is 15.8 Å². The summed E-state index contributed by atoms with van der Waals surface area (Å²) in [5.41, 5.74) is 6.97. The van der Waals surface area contributed by atoms with Gasteiger partial charge in [0.25, 0.3) is 0 Å². The van der Waals surface area contributed by atoms with Crippen molar-refractivity contribution >= 4 is 17.3 Å². The molecule has 2 rings (SSSR count). The molecule has 0 fully saturated rings. The number of carboxylic acids is 1. The third-order valence-corrected chi connectivity index (χ3v) is 2.85. The molecule has 0 saturated carbocycles. The lowest BCUT2D eigenvalue weighted by Crippen LogP contribution is -2.09. The van der Waals surface area contributed by atoms with E-state index in [2.05, 4.69) is 10.3 Å². The van der Waals surface area contributed by atoms with E-state index < -0.39 is 17.3 Å². The number of hydrogen-bond donors (Lipinski definition) is 3. The van der Waals surface area contributed by atoms with E-state index in [9.17, 15) is 9.18 Å². The van der Waals surface area contributed by atoms with E-state index >= 15 is 0 Å². The number of nitrogens with one attached hydrogen (secondary N) is 1.